The average molecular weight is 377 g/mol. The van der Waals surface area contributed by atoms with Crippen LogP contribution < -0.4 is 5.43 Å². The Kier molecular flexibility index (Phi) is 5.53. The first-order chi connectivity index (χ1) is 14.3. The number of rotatable bonds is 5. The van der Waals surface area contributed by atoms with Gasteiger partial charge in [-0.15, -0.1) is 0 Å². The zero-order chi connectivity index (χ0) is 19.9. The molecule has 0 atom stereocenters. The Morgan fingerprint density at radius 3 is 2.34 bits per heavy atom. The Morgan fingerprint density at radius 1 is 0.862 bits per heavy atom. The molecule has 0 bridgehead atoms. The van der Waals surface area contributed by atoms with Crippen LogP contribution >= 0.6 is 0 Å². The molecule has 0 aliphatic carbocycles. The van der Waals surface area contributed by atoms with Gasteiger partial charge in [-0.1, -0.05) is 84.9 Å². The number of hydrogen-bond donors (Lipinski definition) is 1. The fraction of sp³-hybridized carbons (Fsp3) is 0. The number of hydrazone groups is 1. The molecule has 0 saturated carbocycles. The third kappa shape index (κ3) is 4.45. The Bertz CT molecular complexity index is 1180. The normalized spacial score (nSPS) is 11.3. The van der Waals surface area contributed by atoms with E-state index in [4.69, 9.17) is 4.98 Å². The third-order valence-corrected chi connectivity index (χ3v) is 4.45. The van der Waals surface area contributed by atoms with Gasteiger partial charge in [0.05, 0.1) is 16.8 Å². The number of amides is 1. The molecule has 0 fully saturated rings. The number of pyridine rings is 1. The number of para-hydroxylation sites is 1. The molecule has 1 heterocycles. The van der Waals surface area contributed by atoms with E-state index in [2.05, 4.69) is 10.5 Å². The van der Waals surface area contributed by atoms with Crippen molar-refractivity contribution in [1.82, 2.24) is 10.4 Å². The lowest BCUT2D eigenvalue weighted by molar-refractivity contribution is 0.0957. The highest BCUT2D eigenvalue weighted by molar-refractivity contribution is 6.07. The first-order valence-corrected chi connectivity index (χ1v) is 9.31. The standard InChI is InChI=1S/C25H19N3O/c29-25(28-26-17-9-12-19-10-3-1-4-11-19)22-18-24(20-13-5-2-6-14-20)27-23-16-8-7-15-21(22)23/h1-18H,(H,28,29)/b12-9+,26-17+. The first-order valence-electron chi connectivity index (χ1n) is 9.31. The number of nitrogens with zero attached hydrogens (tertiary/aromatic N) is 2. The lowest BCUT2D eigenvalue weighted by Crippen LogP contribution is -2.18. The van der Waals surface area contributed by atoms with Crippen LogP contribution in [0.25, 0.3) is 28.2 Å². The van der Waals surface area contributed by atoms with Crippen LogP contribution in [0, 0.1) is 0 Å². The van der Waals surface area contributed by atoms with Gasteiger partial charge in [0.25, 0.3) is 5.91 Å². The number of aromatic nitrogens is 1. The minimum atomic E-state index is -0.273. The van der Waals surface area contributed by atoms with Crippen LogP contribution in [-0.2, 0) is 0 Å². The van der Waals surface area contributed by atoms with Gasteiger partial charge in [0.2, 0.25) is 0 Å². The minimum absolute atomic E-state index is 0.273. The van der Waals surface area contributed by atoms with E-state index in [-0.39, 0.29) is 5.91 Å². The molecular weight excluding hydrogens is 358 g/mol. The number of fused-ring (bicyclic) bond motifs is 1. The zero-order valence-corrected chi connectivity index (χ0v) is 15.7. The second-order valence-corrected chi connectivity index (χ2v) is 6.43. The van der Waals surface area contributed by atoms with Crippen LogP contribution in [0.1, 0.15) is 15.9 Å². The fourth-order valence-corrected chi connectivity index (χ4v) is 3.04. The van der Waals surface area contributed by atoms with E-state index in [9.17, 15) is 4.79 Å². The van der Waals surface area contributed by atoms with Gasteiger partial charge in [-0.2, -0.15) is 5.10 Å². The third-order valence-electron chi connectivity index (χ3n) is 4.45. The van der Waals surface area contributed by atoms with Crippen molar-refractivity contribution in [2.75, 3.05) is 0 Å². The van der Waals surface area contributed by atoms with Crippen molar-refractivity contribution in [2.45, 2.75) is 0 Å². The highest BCUT2D eigenvalue weighted by Gasteiger charge is 2.13. The molecule has 0 aliphatic heterocycles. The van der Waals surface area contributed by atoms with Gasteiger partial charge in [-0.3, -0.25) is 4.79 Å². The number of carbonyl (C=O) groups excluding carboxylic acids is 1. The maximum Gasteiger partial charge on any atom is 0.272 e. The number of nitrogens with one attached hydrogen (secondary N) is 1. The van der Waals surface area contributed by atoms with Gasteiger partial charge in [0.1, 0.15) is 0 Å². The van der Waals surface area contributed by atoms with E-state index in [1.165, 1.54) is 0 Å². The molecule has 4 heteroatoms. The summed E-state index contributed by atoms with van der Waals surface area (Å²) in [6.45, 7) is 0. The molecule has 4 aromatic rings. The number of carbonyl (C=O) groups is 1. The molecule has 1 aromatic heterocycles. The van der Waals surface area contributed by atoms with Crippen LogP contribution in [0.2, 0.25) is 0 Å². The summed E-state index contributed by atoms with van der Waals surface area (Å²) in [5.41, 5.74) is 6.70. The Hall–Kier alpha value is -4.05. The van der Waals surface area contributed by atoms with Gasteiger partial charge in [-0.25, -0.2) is 10.4 Å². The first kappa shape index (κ1) is 18.3. The summed E-state index contributed by atoms with van der Waals surface area (Å²) in [6, 6.07) is 29.1. The quantitative estimate of drug-likeness (QED) is 0.377. The lowest BCUT2D eigenvalue weighted by Gasteiger charge is -2.08. The van der Waals surface area contributed by atoms with Crippen LogP contribution in [-0.4, -0.2) is 17.1 Å². The van der Waals surface area contributed by atoms with Gasteiger partial charge >= 0.3 is 0 Å². The molecule has 1 amide bonds. The summed E-state index contributed by atoms with van der Waals surface area (Å²) in [5.74, 6) is -0.273. The van der Waals surface area contributed by atoms with Crippen LogP contribution in [0.3, 0.4) is 0 Å². The molecule has 140 valence electrons. The SMILES string of the molecule is O=C(N/N=C/C=C/c1ccccc1)c1cc(-c2ccccc2)nc2ccccc12. The van der Waals surface area contributed by atoms with E-state index in [0.29, 0.717) is 5.56 Å². The van der Waals surface area contributed by atoms with E-state index in [0.717, 1.165) is 27.7 Å². The van der Waals surface area contributed by atoms with Crippen molar-refractivity contribution in [3.8, 4) is 11.3 Å². The Balaban J connectivity index is 1.58. The van der Waals surface area contributed by atoms with Gasteiger partial charge in [0.15, 0.2) is 0 Å². The van der Waals surface area contributed by atoms with E-state index < -0.39 is 0 Å². The second-order valence-electron chi connectivity index (χ2n) is 6.43. The van der Waals surface area contributed by atoms with Crippen molar-refractivity contribution in [3.63, 3.8) is 0 Å². The number of allylic oxidation sites excluding steroid dienone is 1. The average Bonchev–Trinajstić information content (AvgIpc) is 2.79. The molecule has 1 N–H and O–H groups in total. The molecule has 0 spiro atoms. The molecule has 0 saturated heterocycles. The summed E-state index contributed by atoms with van der Waals surface area (Å²) >= 11 is 0. The second kappa shape index (κ2) is 8.76. The van der Waals surface area contributed by atoms with Crippen molar-refractivity contribution in [2.24, 2.45) is 5.10 Å². The zero-order valence-electron chi connectivity index (χ0n) is 15.7. The van der Waals surface area contributed by atoms with Gasteiger partial charge in [-0.05, 0) is 23.8 Å². The van der Waals surface area contributed by atoms with E-state index in [1.807, 2.05) is 97.1 Å². The summed E-state index contributed by atoms with van der Waals surface area (Å²) in [5, 5.41) is 4.83. The maximum atomic E-state index is 12.8. The van der Waals surface area contributed by atoms with Crippen LogP contribution in [0.4, 0.5) is 0 Å². The molecular formula is C25H19N3O. The Morgan fingerprint density at radius 2 is 1.55 bits per heavy atom. The Labute approximate surface area is 169 Å². The predicted molar refractivity (Wildman–Crippen MR) is 119 cm³/mol. The monoisotopic (exact) mass is 377 g/mol. The van der Waals surface area contributed by atoms with Crippen LogP contribution in [0.15, 0.2) is 102 Å². The van der Waals surface area contributed by atoms with Gasteiger partial charge < -0.3 is 0 Å². The maximum absolute atomic E-state index is 12.8. The van der Waals surface area contributed by atoms with E-state index in [1.54, 1.807) is 12.3 Å². The minimum Gasteiger partial charge on any atom is -0.267 e. The van der Waals surface area contributed by atoms with Crippen molar-refractivity contribution >= 4 is 29.1 Å². The van der Waals surface area contributed by atoms with Crippen molar-refractivity contribution < 1.29 is 4.79 Å². The highest BCUT2D eigenvalue weighted by atomic mass is 16.2. The fourth-order valence-electron chi connectivity index (χ4n) is 3.04. The van der Waals surface area contributed by atoms with Gasteiger partial charge in [0, 0.05) is 17.2 Å². The predicted octanol–water partition coefficient (Wildman–Crippen LogP) is 5.33. The van der Waals surface area contributed by atoms with Crippen LogP contribution in [0.5, 0.6) is 0 Å². The molecule has 0 radical (unpaired) electrons. The highest BCUT2D eigenvalue weighted by Crippen LogP contribution is 2.24. The smallest absolute Gasteiger partial charge is 0.267 e. The molecule has 0 aliphatic rings. The molecule has 4 rings (SSSR count). The molecule has 3 aromatic carbocycles. The summed E-state index contributed by atoms with van der Waals surface area (Å²) in [7, 11) is 0. The van der Waals surface area contributed by atoms with Crippen molar-refractivity contribution in [3.05, 3.63) is 108 Å². The topological polar surface area (TPSA) is 54.4 Å². The number of benzene rings is 3. The summed E-state index contributed by atoms with van der Waals surface area (Å²) in [4.78, 5) is 17.5. The molecule has 4 nitrogen and oxygen atoms in total. The molecule has 0 unspecified atom stereocenters. The van der Waals surface area contributed by atoms with Crippen molar-refractivity contribution in [1.29, 1.82) is 0 Å². The summed E-state index contributed by atoms with van der Waals surface area (Å²) < 4.78 is 0. The number of hydrogen-bond acceptors (Lipinski definition) is 3. The lowest BCUT2D eigenvalue weighted by atomic mass is 10.0. The molecule has 29 heavy (non-hydrogen) atoms. The largest absolute Gasteiger partial charge is 0.272 e. The summed E-state index contributed by atoms with van der Waals surface area (Å²) in [6.07, 6.45) is 5.27. The van der Waals surface area contributed by atoms with E-state index >= 15 is 0 Å².